The molecular weight excluding hydrogens is 282 g/mol. The number of pyridine rings is 1. The van der Waals surface area contributed by atoms with Gasteiger partial charge in [-0.2, -0.15) is 0 Å². The van der Waals surface area contributed by atoms with E-state index in [0.717, 1.165) is 4.88 Å². The standard InChI is InChI=1S/C16H13N3OS/c1-11(15-10-13-4-2-3-5-14(13)21-15)18-19-16(20)12-6-8-17-9-7-12/h2-10,18H,1H2,(H,19,20). The maximum Gasteiger partial charge on any atom is 0.269 e. The molecule has 1 aromatic carbocycles. The Morgan fingerprint density at radius 1 is 1.10 bits per heavy atom. The van der Waals surface area contributed by atoms with Gasteiger partial charge in [-0.1, -0.05) is 24.8 Å². The first-order valence-corrected chi connectivity index (χ1v) is 7.20. The molecule has 0 aliphatic heterocycles. The first kappa shape index (κ1) is 13.3. The van der Waals surface area contributed by atoms with Crippen LogP contribution < -0.4 is 10.9 Å². The van der Waals surface area contributed by atoms with Gasteiger partial charge in [-0.3, -0.25) is 20.6 Å². The minimum atomic E-state index is -0.223. The van der Waals surface area contributed by atoms with Gasteiger partial charge in [0.15, 0.2) is 0 Å². The fraction of sp³-hybridized carbons (Fsp3) is 0. The van der Waals surface area contributed by atoms with Gasteiger partial charge in [-0.15, -0.1) is 11.3 Å². The van der Waals surface area contributed by atoms with Crippen LogP contribution in [0.4, 0.5) is 0 Å². The molecule has 0 aliphatic carbocycles. The zero-order chi connectivity index (χ0) is 14.7. The first-order chi connectivity index (χ1) is 10.2. The second-order valence-corrected chi connectivity index (χ2v) is 5.53. The summed E-state index contributed by atoms with van der Waals surface area (Å²) < 4.78 is 1.19. The number of fused-ring (bicyclic) bond motifs is 1. The number of rotatable bonds is 4. The van der Waals surface area contributed by atoms with Crippen molar-refractivity contribution in [3.05, 3.63) is 71.9 Å². The van der Waals surface area contributed by atoms with E-state index in [1.54, 1.807) is 35.9 Å². The third kappa shape index (κ3) is 2.93. The summed E-state index contributed by atoms with van der Waals surface area (Å²) >= 11 is 1.63. The summed E-state index contributed by atoms with van der Waals surface area (Å²) in [5, 5.41) is 1.17. The average Bonchev–Trinajstić information content (AvgIpc) is 2.97. The third-order valence-electron chi connectivity index (χ3n) is 2.99. The van der Waals surface area contributed by atoms with Crippen LogP contribution in [0.15, 0.2) is 61.4 Å². The van der Waals surface area contributed by atoms with E-state index in [4.69, 9.17) is 0 Å². The Balaban J connectivity index is 1.68. The van der Waals surface area contributed by atoms with E-state index in [-0.39, 0.29) is 5.91 Å². The number of carbonyl (C=O) groups excluding carboxylic acids is 1. The molecular formula is C16H13N3OS. The van der Waals surface area contributed by atoms with Crippen molar-refractivity contribution in [3.8, 4) is 0 Å². The Morgan fingerprint density at radius 2 is 1.86 bits per heavy atom. The van der Waals surface area contributed by atoms with Crippen molar-refractivity contribution in [3.63, 3.8) is 0 Å². The second kappa shape index (κ2) is 5.76. The van der Waals surface area contributed by atoms with Crippen LogP contribution in [0.1, 0.15) is 15.2 Å². The largest absolute Gasteiger partial charge is 0.298 e. The quantitative estimate of drug-likeness (QED) is 0.727. The van der Waals surface area contributed by atoms with Gasteiger partial charge in [0, 0.05) is 22.7 Å². The van der Waals surface area contributed by atoms with E-state index in [2.05, 4.69) is 34.5 Å². The highest BCUT2D eigenvalue weighted by molar-refractivity contribution is 7.20. The lowest BCUT2D eigenvalue weighted by molar-refractivity contribution is 0.0942. The second-order valence-electron chi connectivity index (χ2n) is 4.44. The van der Waals surface area contributed by atoms with Gasteiger partial charge in [-0.25, -0.2) is 0 Å². The number of nitrogens with one attached hydrogen (secondary N) is 2. The Bertz CT molecular complexity index is 762. The lowest BCUT2D eigenvalue weighted by atomic mass is 10.2. The predicted octanol–water partition coefficient (Wildman–Crippen LogP) is 3.20. The van der Waals surface area contributed by atoms with E-state index in [1.807, 2.05) is 18.2 Å². The minimum absolute atomic E-state index is 0.223. The van der Waals surface area contributed by atoms with Crippen molar-refractivity contribution in [1.82, 2.24) is 15.8 Å². The molecule has 104 valence electrons. The molecule has 0 bridgehead atoms. The Labute approximate surface area is 126 Å². The number of nitrogens with zero attached hydrogens (tertiary/aromatic N) is 1. The van der Waals surface area contributed by atoms with Crippen molar-refractivity contribution in [1.29, 1.82) is 0 Å². The molecule has 0 radical (unpaired) electrons. The maximum atomic E-state index is 11.9. The van der Waals surface area contributed by atoms with E-state index in [1.165, 1.54) is 10.1 Å². The van der Waals surface area contributed by atoms with Crippen molar-refractivity contribution in [2.45, 2.75) is 0 Å². The summed E-state index contributed by atoms with van der Waals surface area (Å²) in [6, 6.07) is 13.5. The molecule has 2 aromatic heterocycles. The number of hydrazine groups is 1. The Hall–Kier alpha value is -2.66. The van der Waals surface area contributed by atoms with Crippen LogP contribution in [0.2, 0.25) is 0 Å². The number of benzene rings is 1. The smallest absolute Gasteiger partial charge is 0.269 e. The molecule has 21 heavy (non-hydrogen) atoms. The number of thiophene rings is 1. The minimum Gasteiger partial charge on any atom is -0.298 e. The predicted molar refractivity (Wildman–Crippen MR) is 85.7 cm³/mol. The summed E-state index contributed by atoms with van der Waals surface area (Å²) in [4.78, 5) is 16.8. The molecule has 0 saturated heterocycles. The van der Waals surface area contributed by atoms with Gasteiger partial charge in [0.25, 0.3) is 5.91 Å². The lowest BCUT2D eigenvalue weighted by Crippen LogP contribution is -2.35. The molecule has 5 heteroatoms. The Morgan fingerprint density at radius 3 is 2.62 bits per heavy atom. The number of aromatic nitrogens is 1. The highest BCUT2D eigenvalue weighted by Gasteiger charge is 2.07. The number of hydrogen-bond acceptors (Lipinski definition) is 4. The van der Waals surface area contributed by atoms with Crippen LogP contribution in [-0.4, -0.2) is 10.9 Å². The van der Waals surface area contributed by atoms with Crippen LogP contribution >= 0.6 is 11.3 Å². The van der Waals surface area contributed by atoms with Crippen molar-refractivity contribution in [2.75, 3.05) is 0 Å². The average molecular weight is 295 g/mol. The molecule has 0 atom stereocenters. The highest BCUT2D eigenvalue weighted by atomic mass is 32.1. The first-order valence-electron chi connectivity index (χ1n) is 6.38. The van der Waals surface area contributed by atoms with E-state index >= 15 is 0 Å². The molecule has 4 nitrogen and oxygen atoms in total. The van der Waals surface area contributed by atoms with Gasteiger partial charge in [0.05, 0.1) is 10.6 Å². The van der Waals surface area contributed by atoms with Gasteiger partial charge in [0.1, 0.15) is 0 Å². The van der Waals surface area contributed by atoms with Crippen molar-refractivity contribution in [2.24, 2.45) is 0 Å². The number of carbonyl (C=O) groups is 1. The summed E-state index contributed by atoms with van der Waals surface area (Å²) in [6.45, 7) is 3.96. The van der Waals surface area contributed by atoms with Crippen LogP contribution in [-0.2, 0) is 0 Å². The summed E-state index contributed by atoms with van der Waals surface area (Å²) in [5.74, 6) is -0.223. The molecule has 0 saturated carbocycles. The normalized spacial score (nSPS) is 10.3. The third-order valence-corrected chi connectivity index (χ3v) is 4.17. The van der Waals surface area contributed by atoms with Crippen LogP contribution in [0.3, 0.4) is 0 Å². The van der Waals surface area contributed by atoms with Crippen LogP contribution in [0, 0.1) is 0 Å². The van der Waals surface area contributed by atoms with Gasteiger partial charge >= 0.3 is 0 Å². The zero-order valence-electron chi connectivity index (χ0n) is 11.2. The lowest BCUT2D eigenvalue weighted by Gasteiger charge is -2.09. The SMILES string of the molecule is C=C(NNC(=O)c1ccncc1)c1cc2ccccc2s1. The number of hydrogen-bond donors (Lipinski definition) is 2. The highest BCUT2D eigenvalue weighted by Crippen LogP contribution is 2.28. The van der Waals surface area contributed by atoms with Crippen LogP contribution in [0.5, 0.6) is 0 Å². The fourth-order valence-corrected chi connectivity index (χ4v) is 2.89. The van der Waals surface area contributed by atoms with Gasteiger partial charge in [0.2, 0.25) is 0 Å². The molecule has 0 spiro atoms. The van der Waals surface area contributed by atoms with Gasteiger partial charge < -0.3 is 0 Å². The molecule has 2 N–H and O–H groups in total. The topological polar surface area (TPSA) is 54.0 Å². The fourth-order valence-electron chi connectivity index (χ4n) is 1.90. The van der Waals surface area contributed by atoms with E-state index < -0.39 is 0 Å². The van der Waals surface area contributed by atoms with Gasteiger partial charge in [-0.05, 0) is 29.7 Å². The molecule has 0 unspecified atom stereocenters. The summed E-state index contributed by atoms with van der Waals surface area (Å²) in [6.07, 6.45) is 3.16. The number of amides is 1. The molecule has 2 heterocycles. The maximum absolute atomic E-state index is 11.9. The summed E-state index contributed by atoms with van der Waals surface area (Å²) in [5.41, 5.74) is 6.69. The van der Waals surface area contributed by atoms with E-state index in [9.17, 15) is 4.79 Å². The van der Waals surface area contributed by atoms with Crippen molar-refractivity contribution >= 4 is 33.0 Å². The summed E-state index contributed by atoms with van der Waals surface area (Å²) in [7, 11) is 0. The van der Waals surface area contributed by atoms with E-state index in [0.29, 0.717) is 11.3 Å². The molecule has 1 amide bonds. The molecule has 0 fully saturated rings. The monoisotopic (exact) mass is 295 g/mol. The molecule has 3 aromatic rings. The zero-order valence-corrected chi connectivity index (χ0v) is 12.0. The Kier molecular flexibility index (Phi) is 3.66. The molecule has 3 rings (SSSR count). The van der Waals surface area contributed by atoms with Crippen molar-refractivity contribution < 1.29 is 4.79 Å². The molecule has 0 aliphatic rings. The van der Waals surface area contributed by atoms with Crippen LogP contribution in [0.25, 0.3) is 15.8 Å².